The third-order valence-electron chi connectivity index (χ3n) is 6.48. The molecule has 0 spiro atoms. The van der Waals surface area contributed by atoms with Gasteiger partial charge in [-0.05, 0) is 56.0 Å². The summed E-state index contributed by atoms with van der Waals surface area (Å²) in [5.41, 5.74) is 1.30. The Morgan fingerprint density at radius 2 is 1.88 bits per heavy atom. The van der Waals surface area contributed by atoms with Gasteiger partial charge in [-0.25, -0.2) is 4.98 Å². The fraction of sp³-hybridized carbons (Fsp3) is 0.478. The number of benzene rings is 1. The van der Waals surface area contributed by atoms with Crippen molar-refractivity contribution in [2.45, 2.75) is 38.4 Å². The highest BCUT2D eigenvalue weighted by atomic mass is 32.1. The normalized spacial score (nSPS) is 17.3. The van der Waals surface area contributed by atoms with E-state index in [4.69, 9.17) is 0 Å². The Hall–Kier alpha value is -2.39. The molecule has 5 rings (SSSR count). The van der Waals surface area contributed by atoms with Crippen LogP contribution in [0.1, 0.15) is 28.8 Å². The van der Waals surface area contributed by atoms with Gasteiger partial charge in [0.15, 0.2) is 0 Å². The highest BCUT2D eigenvalue weighted by Crippen LogP contribution is 2.34. The molecule has 3 aromatic rings. The molecule has 1 aliphatic heterocycles. The van der Waals surface area contributed by atoms with Crippen molar-refractivity contribution in [1.82, 2.24) is 14.5 Å². The van der Waals surface area contributed by atoms with Gasteiger partial charge in [-0.1, -0.05) is 6.07 Å². The van der Waals surface area contributed by atoms with E-state index in [1.54, 1.807) is 28.3 Å². The molecular formula is C23H25F3N4OS. The lowest BCUT2D eigenvalue weighted by atomic mass is 10.1. The molecule has 3 heterocycles. The lowest BCUT2D eigenvalue weighted by Crippen LogP contribution is -2.46. The quantitative estimate of drug-likeness (QED) is 0.571. The van der Waals surface area contributed by atoms with Crippen LogP contribution in [0.2, 0.25) is 0 Å². The topological polar surface area (TPSA) is 41.4 Å². The Balaban J connectivity index is 1.16. The van der Waals surface area contributed by atoms with E-state index < -0.39 is 11.7 Å². The van der Waals surface area contributed by atoms with Gasteiger partial charge >= 0.3 is 6.18 Å². The predicted octanol–water partition coefficient (Wildman–Crippen LogP) is 4.18. The number of aromatic nitrogens is 2. The third kappa shape index (κ3) is 4.15. The molecular weight excluding hydrogens is 437 g/mol. The van der Waals surface area contributed by atoms with Gasteiger partial charge in [-0.15, -0.1) is 11.3 Å². The first kappa shape index (κ1) is 21.5. The molecule has 0 N–H and O–H groups in total. The van der Waals surface area contributed by atoms with Crippen molar-refractivity contribution < 1.29 is 13.2 Å². The molecule has 9 heteroatoms. The zero-order valence-electron chi connectivity index (χ0n) is 17.7. The van der Waals surface area contributed by atoms with Crippen LogP contribution in [0.25, 0.3) is 10.2 Å². The van der Waals surface area contributed by atoms with Crippen LogP contribution in [0.3, 0.4) is 0 Å². The van der Waals surface area contributed by atoms with Gasteiger partial charge in [0, 0.05) is 43.3 Å². The average Bonchev–Trinajstić information content (AvgIpc) is 3.37. The third-order valence-corrected chi connectivity index (χ3v) is 7.68. The monoisotopic (exact) mass is 462 g/mol. The maximum atomic E-state index is 13.0. The summed E-state index contributed by atoms with van der Waals surface area (Å²) in [5, 5.41) is 0.819. The number of piperazine rings is 1. The van der Waals surface area contributed by atoms with Crippen molar-refractivity contribution in [1.29, 1.82) is 0 Å². The first-order valence-corrected chi connectivity index (χ1v) is 11.9. The summed E-state index contributed by atoms with van der Waals surface area (Å²) in [7, 11) is 0. The van der Waals surface area contributed by atoms with E-state index in [1.807, 2.05) is 4.90 Å². The predicted molar refractivity (Wildman–Crippen MR) is 121 cm³/mol. The molecule has 32 heavy (non-hydrogen) atoms. The standard InChI is InChI=1S/C23H25F3N4OS/c24-23(25,26)16-4-1-5-17(14-16)29-12-10-28(11-13-29)8-3-9-30-15-27-21-20(22(30)31)18-6-2-7-19(18)32-21/h1,4-5,14-15H,2-3,6-13H2. The van der Waals surface area contributed by atoms with E-state index in [2.05, 4.69) is 9.88 Å². The molecule has 0 atom stereocenters. The van der Waals surface area contributed by atoms with Crippen molar-refractivity contribution in [2.75, 3.05) is 37.6 Å². The molecule has 2 aromatic heterocycles. The highest BCUT2D eigenvalue weighted by Gasteiger charge is 2.31. The Morgan fingerprint density at radius 3 is 2.66 bits per heavy atom. The van der Waals surface area contributed by atoms with Crippen LogP contribution in [0.5, 0.6) is 0 Å². The molecule has 1 aromatic carbocycles. The van der Waals surface area contributed by atoms with E-state index >= 15 is 0 Å². The minimum atomic E-state index is -4.32. The molecule has 1 aliphatic carbocycles. The van der Waals surface area contributed by atoms with E-state index in [-0.39, 0.29) is 5.56 Å². The molecule has 0 amide bonds. The zero-order valence-corrected chi connectivity index (χ0v) is 18.5. The molecule has 170 valence electrons. The summed E-state index contributed by atoms with van der Waals surface area (Å²) in [6.45, 7) is 4.44. The maximum Gasteiger partial charge on any atom is 0.416 e. The van der Waals surface area contributed by atoms with Crippen molar-refractivity contribution in [3.05, 3.63) is 57.0 Å². The van der Waals surface area contributed by atoms with E-state index in [0.29, 0.717) is 25.3 Å². The first-order valence-electron chi connectivity index (χ1n) is 11.0. The minimum absolute atomic E-state index is 0.0729. The van der Waals surface area contributed by atoms with Crippen LogP contribution in [-0.2, 0) is 25.6 Å². The van der Waals surface area contributed by atoms with E-state index in [9.17, 15) is 18.0 Å². The van der Waals surface area contributed by atoms with Gasteiger partial charge in [-0.2, -0.15) is 13.2 Å². The number of anilines is 1. The second kappa shape index (κ2) is 8.51. The molecule has 0 radical (unpaired) electrons. The van der Waals surface area contributed by atoms with Crippen LogP contribution in [0.4, 0.5) is 18.9 Å². The number of thiophene rings is 1. The summed E-state index contributed by atoms with van der Waals surface area (Å²) in [4.78, 5) is 24.0. The van der Waals surface area contributed by atoms with Crippen LogP contribution in [-0.4, -0.2) is 47.2 Å². The fourth-order valence-electron chi connectivity index (χ4n) is 4.75. The molecule has 1 fully saturated rings. The van der Waals surface area contributed by atoms with Crippen LogP contribution >= 0.6 is 11.3 Å². The number of fused-ring (bicyclic) bond motifs is 3. The van der Waals surface area contributed by atoms with Gasteiger partial charge < -0.3 is 4.90 Å². The van der Waals surface area contributed by atoms with Crippen molar-refractivity contribution in [3.63, 3.8) is 0 Å². The molecule has 0 saturated carbocycles. The van der Waals surface area contributed by atoms with E-state index in [0.717, 1.165) is 61.6 Å². The van der Waals surface area contributed by atoms with Gasteiger partial charge in [-0.3, -0.25) is 14.3 Å². The van der Waals surface area contributed by atoms with Gasteiger partial charge in [0.1, 0.15) is 4.83 Å². The smallest absolute Gasteiger partial charge is 0.369 e. The van der Waals surface area contributed by atoms with Gasteiger partial charge in [0.25, 0.3) is 5.56 Å². The summed E-state index contributed by atoms with van der Waals surface area (Å²) in [6.07, 6.45) is 1.34. The molecule has 0 bridgehead atoms. The van der Waals surface area contributed by atoms with Crippen molar-refractivity contribution in [2.24, 2.45) is 0 Å². The number of hydrogen-bond donors (Lipinski definition) is 0. The SMILES string of the molecule is O=c1c2c3c(sc2ncn1CCCN1CCN(c2cccc(C(F)(F)F)c2)CC1)CCC3. The second-order valence-electron chi connectivity index (χ2n) is 8.51. The number of alkyl halides is 3. The molecule has 5 nitrogen and oxygen atoms in total. The number of rotatable bonds is 5. The number of hydrogen-bond acceptors (Lipinski definition) is 5. The second-order valence-corrected chi connectivity index (χ2v) is 9.59. The summed E-state index contributed by atoms with van der Waals surface area (Å²) in [5.74, 6) is 0. The Bertz CT molecular complexity index is 1180. The molecule has 2 aliphatic rings. The highest BCUT2D eigenvalue weighted by molar-refractivity contribution is 7.18. The zero-order chi connectivity index (χ0) is 22.3. The summed E-state index contributed by atoms with van der Waals surface area (Å²) < 4.78 is 40.7. The van der Waals surface area contributed by atoms with E-state index in [1.165, 1.54) is 22.6 Å². The lowest BCUT2D eigenvalue weighted by Gasteiger charge is -2.36. The average molecular weight is 463 g/mol. The maximum absolute atomic E-state index is 13.0. The van der Waals surface area contributed by atoms with Gasteiger partial charge in [0.2, 0.25) is 0 Å². The summed E-state index contributed by atoms with van der Waals surface area (Å²) in [6, 6.07) is 5.54. The Kier molecular flexibility index (Phi) is 5.71. The van der Waals surface area contributed by atoms with Crippen LogP contribution in [0.15, 0.2) is 35.4 Å². The summed E-state index contributed by atoms with van der Waals surface area (Å²) >= 11 is 1.66. The van der Waals surface area contributed by atoms with Crippen LogP contribution in [0, 0.1) is 0 Å². The lowest BCUT2D eigenvalue weighted by molar-refractivity contribution is -0.137. The van der Waals surface area contributed by atoms with Gasteiger partial charge in [0.05, 0.1) is 17.3 Å². The molecule has 1 saturated heterocycles. The van der Waals surface area contributed by atoms with Crippen LogP contribution < -0.4 is 10.5 Å². The Labute approximate surface area is 188 Å². The Morgan fingerprint density at radius 1 is 1.06 bits per heavy atom. The minimum Gasteiger partial charge on any atom is -0.369 e. The van der Waals surface area contributed by atoms with Crippen molar-refractivity contribution >= 4 is 27.2 Å². The fourth-order valence-corrected chi connectivity index (χ4v) is 5.97. The largest absolute Gasteiger partial charge is 0.416 e. The number of nitrogens with zero attached hydrogens (tertiary/aromatic N) is 4. The number of aryl methyl sites for hydroxylation is 3. The first-order chi connectivity index (χ1) is 15.4. The number of halogens is 3. The molecule has 0 unspecified atom stereocenters. The van der Waals surface area contributed by atoms with Crippen molar-refractivity contribution in [3.8, 4) is 0 Å².